The van der Waals surface area contributed by atoms with E-state index in [0.717, 1.165) is 12.8 Å². The van der Waals surface area contributed by atoms with Gasteiger partial charge in [-0.2, -0.15) is 4.31 Å². The van der Waals surface area contributed by atoms with Crippen molar-refractivity contribution in [1.82, 2.24) is 9.21 Å². The lowest BCUT2D eigenvalue weighted by atomic mass is 10.2. The third kappa shape index (κ3) is 2.31. The van der Waals surface area contributed by atoms with Crippen LogP contribution in [0.1, 0.15) is 18.4 Å². The molecule has 0 amide bonds. The number of hydrogen-bond donors (Lipinski definition) is 0. The highest BCUT2D eigenvalue weighted by Gasteiger charge is 2.46. The molecule has 8 heteroatoms. The molecule has 0 N–H and O–H groups in total. The first-order chi connectivity index (χ1) is 10.3. The van der Waals surface area contributed by atoms with Gasteiger partial charge >= 0.3 is 0 Å². The summed E-state index contributed by atoms with van der Waals surface area (Å²) in [6.07, 6.45) is 1.70. The van der Waals surface area contributed by atoms with E-state index in [2.05, 4.69) is 4.90 Å². The Morgan fingerprint density at radius 3 is 2.36 bits per heavy atom. The number of rotatable bonds is 3. The quantitative estimate of drug-likeness (QED) is 0.619. The molecule has 2 unspecified atom stereocenters. The number of nitrogens with zero attached hydrogens (tertiary/aromatic N) is 3. The van der Waals surface area contributed by atoms with Crippen LogP contribution in [0.4, 0.5) is 5.69 Å². The molecule has 2 bridgehead atoms. The fourth-order valence-corrected chi connectivity index (χ4v) is 5.76. The van der Waals surface area contributed by atoms with E-state index in [-0.39, 0.29) is 28.2 Å². The highest BCUT2D eigenvalue weighted by molar-refractivity contribution is 7.89. The molecule has 22 heavy (non-hydrogen) atoms. The molecule has 0 spiro atoms. The normalized spacial score (nSPS) is 26.3. The first kappa shape index (κ1) is 15.4. The number of piperazine rings is 1. The zero-order valence-electron chi connectivity index (χ0n) is 12.6. The standard InChI is InChI=1S/C14H19N3O4S/c1-10-13(17(18)19)4-3-5-14(10)22(20,21)16-11-6-7-12(16)9-15(2)8-11/h3-5,11-12H,6-9H2,1-2H3. The third-order valence-electron chi connectivity index (χ3n) is 4.61. The van der Waals surface area contributed by atoms with E-state index >= 15 is 0 Å². The lowest BCUT2D eigenvalue weighted by Gasteiger charge is -2.38. The first-order valence-electron chi connectivity index (χ1n) is 7.28. The van der Waals surface area contributed by atoms with Crippen LogP contribution in [-0.4, -0.2) is 54.8 Å². The van der Waals surface area contributed by atoms with E-state index in [1.807, 2.05) is 7.05 Å². The second-order valence-electron chi connectivity index (χ2n) is 6.10. The second kappa shape index (κ2) is 5.29. The Hall–Kier alpha value is -1.51. The number of fused-ring (bicyclic) bond motifs is 2. The number of hydrogen-bond acceptors (Lipinski definition) is 5. The Bertz CT molecular complexity index is 705. The monoisotopic (exact) mass is 325 g/mol. The molecule has 1 aromatic rings. The van der Waals surface area contributed by atoms with E-state index in [9.17, 15) is 18.5 Å². The predicted molar refractivity (Wildman–Crippen MR) is 81.2 cm³/mol. The van der Waals surface area contributed by atoms with Crippen LogP contribution in [0, 0.1) is 17.0 Å². The summed E-state index contributed by atoms with van der Waals surface area (Å²) < 4.78 is 27.7. The minimum atomic E-state index is -3.71. The topological polar surface area (TPSA) is 83.8 Å². The van der Waals surface area contributed by atoms with Crippen LogP contribution in [0.2, 0.25) is 0 Å². The summed E-state index contributed by atoms with van der Waals surface area (Å²) in [5, 5.41) is 11.1. The molecule has 7 nitrogen and oxygen atoms in total. The van der Waals surface area contributed by atoms with Crippen LogP contribution in [0.25, 0.3) is 0 Å². The molecular formula is C14H19N3O4S. The molecule has 2 aliphatic heterocycles. The largest absolute Gasteiger partial charge is 0.303 e. The summed E-state index contributed by atoms with van der Waals surface area (Å²) in [6, 6.07) is 4.18. The number of likely N-dealkylation sites (N-methyl/N-ethyl adjacent to an activating group) is 1. The summed E-state index contributed by atoms with van der Waals surface area (Å²) in [6.45, 7) is 2.93. The molecule has 0 saturated carbocycles. The fourth-order valence-electron chi connectivity index (χ4n) is 3.66. The predicted octanol–water partition coefficient (Wildman–Crippen LogP) is 1.37. The van der Waals surface area contributed by atoms with Crippen LogP contribution in [0.3, 0.4) is 0 Å². The SMILES string of the molecule is Cc1c([N+](=O)[O-])cccc1S(=O)(=O)N1C2CCC1CN(C)C2. The molecule has 3 rings (SSSR count). The van der Waals surface area contributed by atoms with E-state index in [0.29, 0.717) is 13.1 Å². The van der Waals surface area contributed by atoms with Gasteiger partial charge in [0.1, 0.15) is 0 Å². The van der Waals surface area contributed by atoms with Gasteiger partial charge in [-0.1, -0.05) is 6.07 Å². The van der Waals surface area contributed by atoms with Gasteiger partial charge in [-0.15, -0.1) is 0 Å². The zero-order valence-corrected chi connectivity index (χ0v) is 13.4. The van der Waals surface area contributed by atoms with Gasteiger partial charge in [0.15, 0.2) is 0 Å². The molecule has 2 atom stereocenters. The van der Waals surface area contributed by atoms with E-state index in [1.54, 1.807) is 4.31 Å². The Morgan fingerprint density at radius 2 is 1.82 bits per heavy atom. The van der Waals surface area contributed by atoms with Gasteiger partial charge in [0.05, 0.1) is 9.82 Å². The Morgan fingerprint density at radius 1 is 1.23 bits per heavy atom. The molecular weight excluding hydrogens is 306 g/mol. The average molecular weight is 325 g/mol. The van der Waals surface area contributed by atoms with Crippen molar-refractivity contribution < 1.29 is 13.3 Å². The molecule has 120 valence electrons. The molecule has 1 aromatic carbocycles. The third-order valence-corrected chi connectivity index (χ3v) is 6.75. The van der Waals surface area contributed by atoms with Crippen molar-refractivity contribution in [3.8, 4) is 0 Å². The van der Waals surface area contributed by atoms with Crippen molar-refractivity contribution in [2.24, 2.45) is 0 Å². The van der Waals surface area contributed by atoms with Crippen LogP contribution in [0.5, 0.6) is 0 Å². The molecule has 2 fully saturated rings. The highest BCUT2D eigenvalue weighted by atomic mass is 32.2. The fraction of sp³-hybridized carbons (Fsp3) is 0.571. The van der Waals surface area contributed by atoms with Crippen molar-refractivity contribution >= 4 is 15.7 Å². The van der Waals surface area contributed by atoms with Crippen molar-refractivity contribution in [3.63, 3.8) is 0 Å². The molecule has 0 aliphatic carbocycles. The molecule has 2 heterocycles. The molecule has 0 aromatic heterocycles. The summed E-state index contributed by atoms with van der Waals surface area (Å²) in [5.41, 5.74) is 0.0633. The summed E-state index contributed by atoms with van der Waals surface area (Å²) >= 11 is 0. The van der Waals surface area contributed by atoms with Crippen molar-refractivity contribution in [1.29, 1.82) is 0 Å². The minimum Gasteiger partial charge on any atom is -0.303 e. The summed E-state index contributed by atoms with van der Waals surface area (Å²) in [7, 11) is -1.71. The lowest BCUT2D eigenvalue weighted by Crippen LogP contribution is -2.54. The zero-order chi connectivity index (χ0) is 16.1. The first-order valence-corrected chi connectivity index (χ1v) is 8.72. The Labute approximate surface area is 129 Å². The number of benzene rings is 1. The molecule has 2 aliphatic rings. The number of nitro groups is 1. The Kier molecular flexibility index (Phi) is 3.70. The maximum Gasteiger partial charge on any atom is 0.273 e. The van der Waals surface area contributed by atoms with Gasteiger partial charge < -0.3 is 4.90 Å². The number of sulfonamides is 1. The minimum absolute atomic E-state index is 0.0348. The van der Waals surface area contributed by atoms with Crippen molar-refractivity contribution in [2.75, 3.05) is 20.1 Å². The molecule has 2 saturated heterocycles. The van der Waals surface area contributed by atoms with E-state index < -0.39 is 14.9 Å². The van der Waals surface area contributed by atoms with E-state index in [4.69, 9.17) is 0 Å². The smallest absolute Gasteiger partial charge is 0.273 e. The molecule has 0 radical (unpaired) electrons. The Balaban J connectivity index is 2.05. The average Bonchev–Trinajstić information content (AvgIpc) is 2.72. The van der Waals surface area contributed by atoms with Gasteiger partial charge in [-0.05, 0) is 32.9 Å². The number of nitro benzene ring substituents is 1. The summed E-state index contributed by atoms with van der Waals surface area (Å²) in [5.74, 6) is 0. The van der Waals surface area contributed by atoms with Gasteiger partial charge in [0.25, 0.3) is 5.69 Å². The van der Waals surface area contributed by atoms with Crippen molar-refractivity contribution in [2.45, 2.75) is 36.7 Å². The van der Waals surface area contributed by atoms with Gasteiger partial charge in [0.2, 0.25) is 10.0 Å². The van der Waals surface area contributed by atoms with Crippen molar-refractivity contribution in [3.05, 3.63) is 33.9 Å². The van der Waals surface area contributed by atoms with E-state index in [1.165, 1.54) is 25.1 Å². The van der Waals surface area contributed by atoms with Crippen LogP contribution in [-0.2, 0) is 10.0 Å². The van der Waals surface area contributed by atoms with Crippen LogP contribution in [0.15, 0.2) is 23.1 Å². The van der Waals surface area contributed by atoms with Crippen LogP contribution >= 0.6 is 0 Å². The maximum atomic E-state index is 13.0. The van der Waals surface area contributed by atoms with Crippen LogP contribution < -0.4 is 0 Å². The highest BCUT2D eigenvalue weighted by Crippen LogP contribution is 2.37. The summed E-state index contributed by atoms with van der Waals surface area (Å²) in [4.78, 5) is 12.7. The van der Waals surface area contributed by atoms with Gasteiger partial charge in [-0.3, -0.25) is 10.1 Å². The van der Waals surface area contributed by atoms with Gasteiger partial charge in [0, 0.05) is 36.8 Å². The number of likely N-dealkylation sites (tertiary alicyclic amines) is 1. The second-order valence-corrected chi connectivity index (χ2v) is 7.91. The maximum absolute atomic E-state index is 13.0. The lowest BCUT2D eigenvalue weighted by molar-refractivity contribution is -0.385. The van der Waals surface area contributed by atoms with Gasteiger partial charge in [-0.25, -0.2) is 8.42 Å².